The summed E-state index contributed by atoms with van der Waals surface area (Å²) in [5.74, 6) is 0.804. The van der Waals surface area contributed by atoms with Crippen molar-refractivity contribution in [2.24, 2.45) is 11.7 Å². The third-order valence-electron chi connectivity index (χ3n) is 3.91. The van der Waals surface area contributed by atoms with Gasteiger partial charge in [-0.2, -0.15) is 0 Å². The van der Waals surface area contributed by atoms with Gasteiger partial charge < -0.3 is 10.6 Å². The Hall–Kier alpha value is -0.610. The first-order valence-electron chi connectivity index (χ1n) is 6.74. The molecule has 2 N–H and O–H groups in total. The number of nitrogens with two attached hydrogens (primary N) is 1. The Morgan fingerprint density at radius 3 is 3.00 bits per heavy atom. The second-order valence-corrected chi connectivity index (χ2v) is 6.51. The van der Waals surface area contributed by atoms with Gasteiger partial charge in [0.15, 0.2) is 5.13 Å². The van der Waals surface area contributed by atoms with Gasteiger partial charge in [-0.3, -0.25) is 0 Å². The maximum atomic E-state index is 6.17. The normalized spacial score (nSPS) is 29.2. The molecular formula is C13H21N3S. The number of hydrogen-bond donors (Lipinski definition) is 1. The van der Waals surface area contributed by atoms with Gasteiger partial charge in [-0.1, -0.05) is 18.3 Å². The van der Waals surface area contributed by atoms with Crippen LogP contribution in [0, 0.1) is 5.92 Å². The largest absolute Gasteiger partial charge is 0.348 e. The highest BCUT2D eigenvalue weighted by Crippen LogP contribution is 2.37. The molecule has 2 aliphatic rings. The lowest BCUT2D eigenvalue weighted by atomic mass is 9.99. The smallest absolute Gasteiger partial charge is 0.185 e. The molecule has 0 spiro atoms. The minimum atomic E-state index is 0.243. The zero-order valence-corrected chi connectivity index (χ0v) is 11.3. The highest BCUT2D eigenvalue weighted by molar-refractivity contribution is 7.15. The van der Waals surface area contributed by atoms with E-state index in [0.29, 0.717) is 0 Å². The summed E-state index contributed by atoms with van der Waals surface area (Å²) in [6.45, 7) is 4.68. The molecular weight excluding hydrogens is 230 g/mol. The third kappa shape index (κ3) is 2.20. The first-order chi connectivity index (χ1) is 8.24. The van der Waals surface area contributed by atoms with Crippen molar-refractivity contribution in [3.63, 3.8) is 0 Å². The molecule has 1 aromatic heterocycles. The second-order valence-electron chi connectivity index (χ2n) is 5.50. The van der Waals surface area contributed by atoms with E-state index in [0.717, 1.165) is 18.8 Å². The summed E-state index contributed by atoms with van der Waals surface area (Å²) in [7, 11) is 0. The van der Waals surface area contributed by atoms with Crippen LogP contribution in [0.5, 0.6) is 0 Å². The molecule has 0 saturated carbocycles. The molecule has 1 aliphatic heterocycles. The van der Waals surface area contributed by atoms with Crippen molar-refractivity contribution in [3.8, 4) is 0 Å². The number of piperidine rings is 1. The Bertz CT molecular complexity index is 401. The lowest BCUT2D eigenvalue weighted by Crippen LogP contribution is -2.34. The number of aryl methyl sites for hydroxylation is 1. The molecule has 0 radical (unpaired) electrons. The molecule has 17 heavy (non-hydrogen) atoms. The summed E-state index contributed by atoms with van der Waals surface area (Å²) >= 11 is 1.84. The van der Waals surface area contributed by atoms with Crippen molar-refractivity contribution in [2.75, 3.05) is 18.0 Å². The van der Waals surface area contributed by atoms with Gasteiger partial charge in [0.2, 0.25) is 0 Å². The fourth-order valence-electron chi connectivity index (χ4n) is 2.94. The van der Waals surface area contributed by atoms with E-state index in [9.17, 15) is 0 Å². The SMILES string of the molecule is CC1CCCN(c2nc3c(s2)C(N)CCC3)C1. The number of nitrogens with zero attached hydrogens (tertiary/aromatic N) is 2. The lowest BCUT2D eigenvalue weighted by molar-refractivity contribution is 0.446. The minimum Gasteiger partial charge on any atom is -0.348 e. The second kappa shape index (κ2) is 4.58. The molecule has 2 atom stereocenters. The topological polar surface area (TPSA) is 42.2 Å². The number of aromatic nitrogens is 1. The molecule has 2 unspecified atom stereocenters. The molecule has 1 saturated heterocycles. The Labute approximate surface area is 107 Å². The van der Waals surface area contributed by atoms with Crippen LogP contribution in [0.2, 0.25) is 0 Å². The molecule has 3 nitrogen and oxygen atoms in total. The highest BCUT2D eigenvalue weighted by Gasteiger charge is 2.25. The van der Waals surface area contributed by atoms with Gasteiger partial charge in [0.25, 0.3) is 0 Å². The van der Waals surface area contributed by atoms with Crippen LogP contribution >= 0.6 is 11.3 Å². The molecule has 4 heteroatoms. The summed E-state index contributed by atoms with van der Waals surface area (Å²) in [4.78, 5) is 8.64. The van der Waals surface area contributed by atoms with Crippen molar-refractivity contribution in [1.82, 2.24) is 4.98 Å². The fraction of sp³-hybridized carbons (Fsp3) is 0.769. The van der Waals surface area contributed by atoms with Gasteiger partial charge >= 0.3 is 0 Å². The van der Waals surface area contributed by atoms with Crippen LogP contribution in [0.4, 0.5) is 5.13 Å². The molecule has 1 fully saturated rings. The summed E-state index contributed by atoms with van der Waals surface area (Å²) < 4.78 is 0. The summed E-state index contributed by atoms with van der Waals surface area (Å²) in [5, 5.41) is 1.22. The lowest BCUT2D eigenvalue weighted by Gasteiger charge is -2.30. The average Bonchev–Trinajstić information content (AvgIpc) is 2.74. The summed E-state index contributed by atoms with van der Waals surface area (Å²) in [5.41, 5.74) is 7.45. The average molecular weight is 251 g/mol. The molecule has 0 amide bonds. The molecule has 3 rings (SSSR count). The quantitative estimate of drug-likeness (QED) is 0.834. The predicted molar refractivity (Wildman–Crippen MR) is 72.6 cm³/mol. The van der Waals surface area contributed by atoms with E-state index < -0.39 is 0 Å². The first kappa shape index (κ1) is 11.5. The highest BCUT2D eigenvalue weighted by atomic mass is 32.1. The van der Waals surface area contributed by atoms with Gasteiger partial charge in [0, 0.05) is 24.0 Å². The van der Waals surface area contributed by atoms with E-state index in [1.54, 1.807) is 0 Å². The maximum absolute atomic E-state index is 6.17. The van der Waals surface area contributed by atoms with E-state index >= 15 is 0 Å². The molecule has 0 bridgehead atoms. The van der Waals surface area contributed by atoms with E-state index in [1.165, 1.54) is 48.1 Å². The Morgan fingerprint density at radius 2 is 2.24 bits per heavy atom. The van der Waals surface area contributed by atoms with Crippen molar-refractivity contribution in [3.05, 3.63) is 10.6 Å². The molecule has 1 aliphatic carbocycles. The van der Waals surface area contributed by atoms with Crippen molar-refractivity contribution >= 4 is 16.5 Å². The summed E-state index contributed by atoms with van der Waals surface area (Å²) in [6, 6.07) is 0.243. The Morgan fingerprint density at radius 1 is 1.35 bits per heavy atom. The molecule has 0 aromatic carbocycles. The zero-order valence-electron chi connectivity index (χ0n) is 10.5. The molecule has 2 heterocycles. The van der Waals surface area contributed by atoms with Crippen molar-refractivity contribution in [2.45, 2.75) is 45.1 Å². The van der Waals surface area contributed by atoms with Crippen LogP contribution in [0.1, 0.15) is 49.2 Å². The zero-order chi connectivity index (χ0) is 11.8. The maximum Gasteiger partial charge on any atom is 0.185 e. The van der Waals surface area contributed by atoms with E-state index in [1.807, 2.05) is 11.3 Å². The van der Waals surface area contributed by atoms with Gasteiger partial charge in [-0.15, -0.1) is 0 Å². The fourth-order valence-corrected chi connectivity index (χ4v) is 4.12. The Balaban J connectivity index is 1.83. The van der Waals surface area contributed by atoms with Crippen LogP contribution in [0.25, 0.3) is 0 Å². The number of rotatable bonds is 1. The van der Waals surface area contributed by atoms with E-state index in [4.69, 9.17) is 10.7 Å². The van der Waals surface area contributed by atoms with Crippen molar-refractivity contribution < 1.29 is 0 Å². The van der Waals surface area contributed by atoms with E-state index in [-0.39, 0.29) is 6.04 Å². The monoisotopic (exact) mass is 251 g/mol. The number of thiazole rings is 1. The standard InChI is InChI=1S/C13H21N3S/c1-9-4-3-7-16(8-9)13-15-11-6-2-5-10(14)12(11)17-13/h9-10H,2-8,14H2,1H3. The number of fused-ring (bicyclic) bond motifs is 1. The van der Waals surface area contributed by atoms with Gasteiger partial charge in [0.1, 0.15) is 0 Å². The number of anilines is 1. The third-order valence-corrected chi connectivity index (χ3v) is 5.20. The van der Waals surface area contributed by atoms with Gasteiger partial charge in [0.05, 0.1) is 5.69 Å². The molecule has 1 aromatic rings. The number of hydrogen-bond acceptors (Lipinski definition) is 4. The van der Waals surface area contributed by atoms with Crippen LogP contribution in [-0.4, -0.2) is 18.1 Å². The van der Waals surface area contributed by atoms with Crippen LogP contribution in [0.3, 0.4) is 0 Å². The predicted octanol–water partition coefficient (Wildman–Crippen LogP) is 2.72. The van der Waals surface area contributed by atoms with E-state index in [2.05, 4.69) is 11.8 Å². The van der Waals surface area contributed by atoms with Crippen LogP contribution < -0.4 is 10.6 Å². The first-order valence-corrected chi connectivity index (χ1v) is 7.56. The minimum absolute atomic E-state index is 0.243. The van der Waals surface area contributed by atoms with Crippen LogP contribution in [-0.2, 0) is 6.42 Å². The summed E-state index contributed by atoms with van der Waals surface area (Å²) in [6.07, 6.45) is 6.13. The Kier molecular flexibility index (Phi) is 3.09. The van der Waals surface area contributed by atoms with Crippen molar-refractivity contribution in [1.29, 1.82) is 0 Å². The molecule has 94 valence electrons. The van der Waals surface area contributed by atoms with Crippen LogP contribution in [0.15, 0.2) is 0 Å². The van der Waals surface area contributed by atoms with Gasteiger partial charge in [-0.05, 0) is 38.0 Å². The van der Waals surface area contributed by atoms with Gasteiger partial charge in [-0.25, -0.2) is 4.98 Å².